The Bertz CT molecular complexity index is 156. The van der Waals surface area contributed by atoms with E-state index in [-0.39, 0.29) is 0 Å². The molecule has 0 amide bonds. The Kier molecular flexibility index (Phi) is 6.69. The Morgan fingerprint density at radius 1 is 1.27 bits per heavy atom. The van der Waals surface area contributed by atoms with Gasteiger partial charge in [0, 0.05) is 24.4 Å². The van der Waals surface area contributed by atoms with Crippen LogP contribution in [0, 0.1) is 0 Å². The summed E-state index contributed by atoms with van der Waals surface area (Å²) in [5, 5.41) is 3.39. The minimum atomic E-state index is 0.777. The smallest absolute Gasteiger partial charge is 0.00937 e. The van der Waals surface area contributed by atoms with Crippen molar-refractivity contribution in [3.05, 3.63) is 0 Å². The molecule has 0 saturated heterocycles. The van der Waals surface area contributed by atoms with E-state index in [9.17, 15) is 0 Å². The Morgan fingerprint density at radius 2 is 1.93 bits per heavy atom. The Morgan fingerprint density at radius 3 is 2.47 bits per heavy atom. The van der Waals surface area contributed by atoms with Gasteiger partial charge in [0.25, 0.3) is 0 Å². The van der Waals surface area contributed by atoms with Gasteiger partial charge in [0.1, 0.15) is 0 Å². The van der Waals surface area contributed by atoms with Crippen LogP contribution in [0.25, 0.3) is 0 Å². The number of nitrogens with one attached hydrogen (secondary N) is 1. The van der Waals surface area contributed by atoms with E-state index >= 15 is 0 Å². The molecule has 0 unspecified atom stereocenters. The van der Waals surface area contributed by atoms with E-state index in [1.807, 2.05) is 0 Å². The number of thioether (sulfide) groups is 1. The third-order valence-corrected chi connectivity index (χ3v) is 4.40. The molecule has 0 radical (unpaired) electrons. The van der Waals surface area contributed by atoms with E-state index in [0.29, 0.717) is 0 Å². The monoisotopic (exact) mass is 230 g/mol. The summed E-state index contributed by atoms with van der Waals surface area (Å²) in [4.78, 5) is 2.56. The average Bonchev–Trinajstić information content (AvgIpc) is 2.29. The highest BCUT2D eigenvalue weighted by Gasteiger charge is 2.22. The summed E-state index contributed by atoms with van der Waals surface area (Å²) in [5.41, 5.74) is 0. The first-order valence-corrected chi connectivity index (χ1v) is 7.38. The number of rotatable bonds is 6. The standard InChI is InChI=1S/C12H26N2S/c1-4-15-10-9-14(3)12-7-5-11(13-2)6-8-12/h11-13H,4-10H2,1-3H3. The van der Waals surface area contributed by atoms with Crippen LogP contribution in [-0.4, -0.2) is 49.1 Å². The van der Waals surface area contributed by atoms with Crippen LogP contribution in [0.3, 0.4) is 0 Å². The predicted octanol–water partition coefficient (Wildman–Crippen LogP) is 2.20. The molecule has 1 rings (SSSR count). The molecule has 1 aliphatic rings. The zero-order chi connectivity index (χ0) is 11.1. The van der Waals surface area contributed by atoms with Crippen molar-refractivity contribution < 1.29 is 0 Å². The topological polar surface area (TPSA) is 15.3 Å². The van der Waals surface area contributed by atoms with Gasteiger partial charge in [-0.1, -0.05) is 6.92 Å². The quantitative estimate of drug-likeness (QED) is 0.704. The summed E-state index contributed by atoms with van der Waals surface area (Å²) < 4.78 is 0. The van der Waals surface area contributed by atoms with Gasteiger partial charge in [-0.3, -0.25) is 0 Å². The molecular weight excluding hydrogens is 204 g/mol. The molecule has 0 aliphatic heterocycles. The van der Waals surface area contributed by atoms with Crippen molar-refractivity contribution in [2.24, 2.45) is 0 Å². The number of hydrogen-bond acceptors (Lipinski definition) is 3. The van der Waals surface area contributed by atoms with Gasteiger partial charge in [0.05, 0.1) is 0 Å². The Hall–Kier alpha value is 0.270. The summed E-state index contributed by atoms with van der Waals surface area (Å²) in [5.74, 6) is 2.54. The summed E-state index contributed by atoms with van der Waals surface area (Å²) in [6.07, 6.45) is 5.45. The second-order valence-electron chi connectivity index (χ2n) is 4.47. The first kappa shape index (κ1) is 13.3. The first-order chi connectivity index (χ1) is 7.27. The molecule has 0 heterocycles. The highest BCUT2D eigenvalue weighted by molar-refractivity contribution is 7.99. The second-order valence-corrected chi connectivity index (χ2v) is 5.87. The minimum absolute atomic E-state index is 0.777. The third kappa shape index (κ3) is 4.75. The van der Waals surface area contributed by atoms with E-state index in [2.05, 4.69) is 43.0 Å². The molecule has 1 aliphatic carbocycles. The largest absolute Gasteiger partial charge is 0.317 e. The van der Waals surface area contributed by atoms with Gasteiger partial charge in [-0.05, 0) is 45.5 Å². The maximum Gasteiger partial charge on any atom is 0.00937 e. The maximum atomic E-state index is 3.39. The SMILES string of the molecule is CCSCCN(C)C1CCC(NC)CC1. The molecule has 0 spiro atoms. The van der Waals surface area contributed by atoms with Gasteiger partial charge in [-0.25, -0.2) is 0 Å². The van der Waals surface area contributed by atoms with Crippen LogP contribution in [-0.2, 0) is 0 Å². The van der Waals surface area contributed by atoms with Crippen LogP contribution in [0.2, 0.25) is 0 Å². The van der Waals surface area contributed by atoms with E-state index in [4.69, 9.17) is 0 Å². The molecule has 0 aromatic heterocycles. The molecule has 0 atom stereocenters. The average molecular weight is 230 g/mol. The van der Waals surface area contributed by atoms with Crippen molar-refractivity contribution in [1.82, 2.24) is 10.2 Å². The van der Waals surface area contributed by atoms with E-state index in [0.717, 1.165) is 12.1 Å². The first-order valence-electron chi connectivity index (χ1n) is 6.23. The fourth-order valence-corrected chi connectivity index (χ4v) is 3.05. The lowest BCUT2D eigenvalue weighted by molar-refractivity contribution is 0.185. The van der Waals surface area contributed by atoms with Crippen LogP contribution in [0.15, 0.2) is 0 Å². The van der Waals surface area contributed by atoms with Gasteiger partial charge < -0.3 is 10.2 Å². The minimum Gasteiger partial charge on any atom is -0.317 e. The Balaban J connectivity index is 2.15. The molecule has 90 valence electrons. The lowest BCUT2D eigenvalue weighted by atomic mass is 9.90. The van der Waals surface area contributed by atoms with Gasteiger partial charge in [0.2, 0.25) is 0 Å². The van der Waals surface area contributed by atoms with Gasteiger partial charge in [0.15, 0.2) is 0 Å². The van der Waals surface area contributed by atoms with E-state index in [1.54, 1.807) is 0 Å². The van der Waals surface area contributed by atoms with Crippen molar-refractivity contribution in [1.29, 1.82) is 0 Å². The van der Waals surface area contributed by atoms with Crippen molar-refractivity contribution in [3.63, 3.8) is 0 Å². The highest BCUT2D eigenvalue weighted by Crippen LogP contribution is 2.22. The van der Waals surface area contributed by atoms with Crippen molar-refractivity contribution in [3.8, 4) is 0 Å². The normalized spacial score (nSPS) is 27.2. The van der Waals surface area contributed by atoms with Crippen molar-refractivity contribution >= 4 is 11.8 Å². The lowest BCUT2D eigenvalue weighted by Gasteiger charge is -2.34. The van der Waals surface area contributed by atoms with Crippen LogP contribution in [0.5, 0.6) is 0 Å². The molecule has 3 heteroatoms. The molecule has 0 bridgehead atoms. The molecule has 0 aromatic rings. The molecule has 1 fully saturated rings. The van der Waals surface area contributed by atoms with Crippen LogP contribution >= 0.6 is 11.8 Å². The number of hydrogen-bond donors (Lipinski definition) is 1. The van der Waals surface area contributed by atoms with E-state index in [1.165, 1.54) is 43.7 Å². The summed E-state index contributed by atoms with van der Waals surface area (Å²) in [6, 6.07) is 1.62. The summed E-state index contributed by atoms with van der Waals surface area (Å²) in [6.45, 7) is 3.50. The van der Waals surface area contributed by atoms with E-state index < -0.39 is 0 Å². The molecule has 1 saturated carbocycles. The van der Waals surface area contributed by atoms with Crippen LogP contribution in [0.1, 0.15) is 32.6 Å². The molecule has 15 heavy (non-hydrogen) atoms. The molecular formula is C12H26N2S. The summed E-state index contributed by atoms with van der Waals surface area (Å²) in [7, 11) is 4.38. The molecule has 1 N–H and O–H groups in total. The highest BCUT2D eigenvalue weighted by atomic mass is 32.2. The lowest BCUT2D eigenvalue weighted by Crippen LogP contribution is -2.40. The van der Waals surface area contributed by atoms with Gasteiger partial charge in [-0.2, -0.15) is 11.8 Å². The van der Waals surface area contributed by atoms with Crippen molar-refractivity contribution in [2.75, 3.05) is 32.1 Å². The zero-order valence-electron chi connectivity index (χ0n) is 10.5. The van der Waals surface area contributed by atoms with Crippen molar-refractivity contribution in [2.45, 2.75) is 44.7 Å². The Labute approximate surface area is 99.2 Å². The third-order valence-electron chi connectivity index (χ3n) is 3.52. The van der Waals surface area contributed by atoms with Crippen LogP contribution in [0.4, 0.5) is 0 Å². The fourth-order valence-electron chi connectivity index (χ4n) is 2.34. The van der Waals surface area contributed by atoms with Crippen LogP contribution < -0.4 is 5.32 Å². The van der Waals surface area contributed by atoms with Gasteiger partial charge in [-0.15, -0.1) is 0 Å². The zero-order valence-corrected chi connectivity index (χ0v) is 11.3. The summed E-state index contributed by atoms with van der Waals surface area (Å²) >= 11 is 2.05. The predicted molar refractivity (Wildman–Crippen MR) is 70.7 cm³/mol. The van der Waals surface area contributed by atoms with Gasteiger partial charge >= 0.3 is 0 Å². The fraction of sp³-hybridized carbons (Fsp3) is 1.00. The molecule has 2 nitrogen and oxygen atoms in total. The number of nitrogens with zero attached hydrogens (tertiary/aromatic N) is 1. The second kappa shape index (κ2) is 7.53. The molecule has 0 aromatic carbocycles. The maximum absolute atomic E-state index is 3.39.